The summed E-state index contributed by atoms with van der Waals surface area (Å²) in [6.07, 6.45) is -5.03. The maximum absolute atomic E-state index is 13.1. The summed E-state index contributed by atoms with van der Waals surface area (Å²) in [4.78, 5) is 24.5. The lowest BCUT2D eigenvalue weighted by atomic mass is 9.84. The standard InChI is InChI=1S/C26H23BrClF3N2O2/c1-14-11-16(25(2,3)4)6-8-18(14)23(34)15-5-9-20(19(28)12-15)32-22-13-17(27)7-10-21(22)33-24(35)26(29,30)31/h5-13,32H,1-4H3,(H,33,35). The maximum atomic E-state index is 13.1. The van der Waals surface area contributed by atoms with E-state index < -0.39 is 12.1 Å². The number of carbonyl (C=O) groups excluding carboxylic acids is 2. The topological polar surface area (TPSA) is 58.2 Å². The molecule has 184 valence electrons. The lowest BCUT2D eigenvalue weighted by Crippen LogP contribution is -2.30. The number of anilines is 3. The Morgan fingerprint density at radius 1 is 0.886 bits per heavy atom. The van der Waals surface area contributed by atoms with Crippen molar-refractivity contribution in [2.24, 2.45) is 0 Å². The minimum absolute atomic E-state index is 0.0478. The first kappa shape index (κ1) is 26.8. The zero-order chi connectivity index (χ0) is 26.1. The van der Waals surface area contributed by atoms with Gasteiger partial charge >= 0.3 is 12.1 Å². The molecule has 0 aliphatic rings. The van der Waals surface area contributed by atoms with Crippen LogP contribution < -0.4 is 10.6 Å². The van der Waals surface area contributed by atoms with Gasteiger partial charge in [-0.25, -0.2) is 0 Å². The maximum Gasteiger partial charge on any atom is 0.471 e. The zero-order valence-electron chi connectivity index (χ0n) is 19.4. The number of benzene rings is 3. The van der Waals surface area contributed by atoms with Crippen LogP contribution in [-0.2, 0) is 10.2 Å². The predicted molar refractivity (Wildman–Crippen MR) is 137 cm³/mol. The van der Waals surface area contributed by atoms with Crippen LogP contribution in [-0.4, -0.2) is 17.9 Å². The van der Waals surface area contributed by atoms with E-state index in [2.05, 4.69) is 42.0 Å². The Bertz CT molecular complexity index is 1300. The highest BCUT2D eigenvalue weighted by atomic mass is 79.9. The van der Waals surface area contributed by atoms with Crippen molar-refractivity contribution in [3.8, 4) is 0 Å². The van der Waals surface area contributed by atoms with Crippen molar-refractivity contribution < 1.29 is 22.8 Å². The second-order valence-electron chi connectivity index (χ2n) is 9.07. The summed E-state index contributed by atoms with van der Waals surface area (Å²) < 4.78 is 38.7. The average molecular weight is 568 g/mol. The van der Waals surface area contributed by atoms with Gasteiger partial charge in [0.1, 0.15) is 0 Å². The summed E-state index contributed by atoms with van der Waals surface area (Å²) in [5.41, 5.74) is 3.29. The van der Waals surface area contributed by atoms with Crippen molar-refractivity contribution >= 4 is 56.3 Å². The summed E-state index contributed by atoms with van der Waals surface area (Å²) in [6.45, 7) is 8.17. The van der Waals surface area contributed by atoms with Gasteiger partial charge in [-0.2, -0.15) is 13.2 Å². The van der Waals surface area contributed by atoms with E-state index in [0.29, 0.717) is 21.3 Å². The summed E-state index contributed by atoms with van der Waals surface area (Å²) in [5, 5.41) is 4.96. The van der Waals surface area contributed by atoms with Gasteiger partial charge < -0.3 is 10.6 Å². The summed E-state index contributed by atoms with van der Waals surface area (Å²) >= 11 is 9.67. The first-order valence-electron chi connectivity index (χ1n) is 10.6. The fraction of sp³-hybridized carbons (Fsp3) is 0.231. The summed E-state index contributed by atoms with van der Waals surface area (Å²) in [7, 11) is 0. The molecule has 2 N–H and O–H groups in total. The van der Waals surface area contributed by atoms with Gasteiger partial charge in [0, 0.05) is 15.6 Å². The molecule has 3 aromatic rings. The third-order valence-corrected chi connectivity index (χ3v) is 6.13. The molecule has 0 fully saturated rings. The van der Waals surface area contributed by atoms with Crippen molar-refractivity contribution in [3.63, 3.8) is 0 Å². The highest BCUT2D eigenvalue weighted by Crippen LogP contribution is 2.34. The molecule has 0 saturated heterocycles. The fourth-order valence-corrected chi connectivity index (χ4v) is 3.95. The van der Waals surface area contributed by atoms with Crippen LogP contribution in [0, 0.1) is 6.92 Å². The molecular weight excluding hydrogens is 545 g/mol. The van der Waals surface area contributed by atoms with Crippen molar-refractivity contribution in [3.05, 3.63) is 86.3 Å². The van der Waals surface area contributed by atoms with Crippen LogP contribution in [0.4, 0.5) is 30.2 Å². The van der Waals surface area contributed by atoms with E-state index in [1.54, 1.807) is 18.2 Å². The van der Waals surface area contributed by atoms with Crippen LogP contribution in [0.25, 0.3) is 0 Å². The van der Waals surface area contributed by atoms with Crippen LogP contribution in [0.5, 0.6) is 0 Å². The van der Waals surface area contributed by atoms with E-state index in [9.17, 15) is 22.8 Å². The number of hydrogen-bond donors (Lipinski definition) is 2. The fourth-order valence-electron chi connectivity index (χ4n) is 3.37. The van der Waals surface area contributed by atoms with Gasteiger partial charge in [0.25, 0.3) is 0 Å². The SMILES string of the molecule is Cc1cc(C(C)(C)C)ccc1C(=O)c1ccc(Nc2cc(Br)ccc2NC(=O)C(F)(F)F)c(Cl)c1. The molecule has 0 saturated carbocycles. The van der Waals surface area contributed by atoms with Gasteiger partial charge in [0.05, 0.1) is 22.1 Å². The number of carbonyl (C=O) groups is 2. The van der Waals surface area contributed by atoms with Gasteiger partial charge in [-0.15, -0.1) is 0 Å². The number of amides is 1. The van der Waals surface area contributed by atoms with E-state index >= 15 is 0 Å². The van der Waals surface area contributed by atoms with Crippen LogP contribution in [0.15, 0.2) is 59.1 Å². The Kier molecular flexibility index (Phi) is 7.67. The number of halogens is 5. The third kappa shape index (κ3) is 6.44. The lowest BCUT2D eigenvalue weighted by Gasteiger charge is -2.20. The van der Waals surface area contributed by atoms with Crippen LogP contribution in [0.1, 0.15) is 47.8 Å². The Hall–Kier alpha value is -2.84. The van der Waals surface area contributed by atoms with E-state index in [4.69, 9.17) is 11.6 Å². The molecule has 0 aromatic heterocycles. The first-order chi connectivity index (χ1) is 16.2. The van der Waals surface area contributed by atoms with Crippen LogP contribution in [0.2, 0.25) is 5.02 Å². The Morgan fingerprint density at radius 2 is 1.54 bits per heavy atom. The number of aryl methyl sites for hydroxylation is 1. The molecule has 9 heteroatoms. The molecule has 1 amide bonds. The quantitative estimate of drug-likeness (QED) is 0.306. The second kappa shape index (κ2) is 10.0. The number of nitrogens with one attached hydrogen (secondary N) is 2. The molecular formula is C26H23BrClF3N2O2. The van der Waals surface area contributed by atoms with E-state index in [1.165, 1.54) is 24.3 Å². The molecule has 3 aromatic carbocycles. The van der Waals surface area contributed by atoms with Crippen LogP contribution in [0.3, 0.4) is 0 Å². The van der Waals surface area contributed by atoms with Gasteiger partial charge in [-0.3, -0.25) is 9.59 Å². The molecule has 0 aliphatic carbocycles. The number of hydrogen-bond acceptors (Lipinski definition) is 3. The molecule has 0 spiro atoms. The number of alkyl halides is 3. The second-order valence-corrected chi connectivity index (χ2v) is 10.4. The third-order valence-electron chi connectivity index (χ3n) is 5.32. The van der Waals surface area contributed by atoms with Crippen molar-refractivity contribution in [1.29, 1.82) is 0 Å². The molecule has 3 rings (SSSR count). The predicted octanol–water partition coefficient (Wildman–Crippen LogP) is 8.18. The van der Waals surface area contributed by atoms with Gasteiger partial charge in [0.15, 0.2) is 5.78 Å². The minimum Gasteiger partial charge on any atom is -0.353 e. The van der Waals surface area contributed by atoms with Crippen molar-refractivity contribution in [2.45, 2.75) is 39.3 Å². The van der Waals surface area contributed by atoms with E-state index in [-0.39, 0.29) is 27.6 Å². The van der Waals surface area contributed by atoms with Gasteiger partial charge in [0.2, 0.25) is 0 Å². The van der Waals surface area contributed by atoms with Gasteiger partial charge in [-0.05, 0) is 59.9 Å². The average Bonchev–Trinajstić information content (AvgIpc) is 2.75. The molecule has 0 heterocycles. The Balaban J connectivity index is 1.88. The summed E-state index contributed by atoms with van der Waals surface area (Å²) in [6, 6.07) is 14.7. The zero-order valence-corrected chi connectivity index (χ0v) is 21.7. The molecule has 0 atom stereocenters. The normalized spacial score (nSPS) is 11.8. The summed E-state index contributed by atoms with van der Waals surface area (Å²) in [5.74, 6) is -2.29. The molecule has 0 radical (unpaired) electrons. The Morgan fingerprint density at radius 3 is 2.11 bits per heavy atom. The van der Waals surface area contributed by atoms with Gasteiger partial charge in [-0.1, -0.05) is 66.5 Å². The molecule has 4 nitrogen and oxygen atoms in total. The number of rotatable bonds is 5. The smallest absolute Gasteiger partial charge is 0.353 e. The lowest BCUT2D eigenvalue weighted by molar-refractivity contribution is -0.167. The highest BCUT2D eigenvalue weighted by molar-refractivity contribution is 9.10. The monoisotopic (exact) mass is 566 g/mol. The van der Waals surface area contributed by atoms with Crippen LogP contribution >= 0.6 is 27.5 Å². The molecule has 0 unspecified atom stereocenters. The number of ketones is 1. The van der Waals surface area contributed by atoms with E-state index in [0.717, 1.165) is 11.1 Å². The van der Waals surface area contributed by atoms with Crippen molar-refractivity contribution in [2.75, 3.05) is 10.6 Å². The molecule has 35 heavy (non-hydrogen) atoms. The Labute approximate surface area is 215 Å². The van der Waals surface area contributed by atoms with Crippen molar-refractivity contribution in [1.82, 2.24) is 0 Å². The molecule has 0 aliphatic heterocycles. The van der Waals surface area contributed by atoms with E-state index in [1.807, 2.05) is 24.4 Å². The first-order valence-corrected chi connectivity index (χ1v) is 11.7. The highest BCUT2D eigenvalue weighted by Gasteiger charge is 2.39. The largest absolute Gasteiger partial charge is 0.471 e. The molecule has 0 bridgehead atoms. The minimum atomic E-state index is -5.03.